The number of aromatic nitrogens is 1. The Morgan fingerprint density at radius 3 is 2.86 bits per heavy atom. The third-order valence-corrected chi connectivity index (χ3v) is 4.39. The van der Waals surface area contributed by atoms with Gasteiger partial charge in [0, 0.05) is 12.3 Å². The number of hydrogen-bond acceptors (Lipinski definition) is 5. The molecule has 3 aromatic rings. The molecule has 0 atom stereocenters. The smallest absolute Gasteiger partial charge is 0.258 e. The zero-order chi connectivity index (χ0) is 14.8. The van der Waals surface area contributed by atoms with Crippen molar-refractivity contribution in [2.24, 2.45) is 4.99 Å². The van der Waals surface area contributed by atoms with Crippen LogP contribution >= 0.6 is 27.3 Å². The Hall–Kier alpha value is -2.12. The molecule has 2 aromatic carbocycles. The van der Waals surface area contributed by atoms with Gasteiger partial charge in [0.05, 0.1) is 19.6 Å². The molecule has 1 aromatic heterocycles. The Labute approximate surface area is 132 Å². The summed E-state index contributed by atoms with van der Waals surface area (Å²) in [5.41, 5.74) is 1.57. The summed E-state index contributed by atoms with van der Waals surface area (Å²) >= 11 is 4.63. The molecule has 0 N–H and O–H groups in total. The third kappa shape index (κ3) is 2.98. The van der Waals surface area contributed by atoms with E-state index in [1.807, 2.05) is 24.3 Å². The summed E-state index contributed by atoms with van der Waals surface area (Å²) in [5, 5.41) is 11.5. The van der Waals surface area contributed by atoms with Crippen LogP contribution in [0, 0.1) is 10.1 Å². The standard InChI is InChI=1S/C14H8BrN3O2S/c15-10-6-5-9(7-12(10)18(19)20)8-16-14-17-11-3-1-2-4-13(11)21-14/h1-8H. The van der Waals surface area contributed by atoms with Crippen LogP contribution in [-0.2, 0) is 0 Å². The largest absolute Gasteiger partial charge is 0.284 e. The lowest BCUT2D eigenvalue weighted by Crippen LogP contribution is -1.91. The van der Waals surface area contributed by atoms with E-state index in [9.17, 15) is 10.1 Å². The summed E-state index contributed by atoms with van der Waals surface area (Å²) in [6.07, 6.45) is 1.58. The maximum Gasteiger partial charge on any atom is 0.284 e. The summed E-state index contributed by atoms with van der Waals surface area (Å²) < 4.78 is 1.51. The molecule has 104 valence electrons. The molecular weight excluding hydrogens is 354 g/mol. The first kappa shape index (κ1) is 13.8. The van der Waals surface area contributed by atoms with E-state index in [0.717, 1.165) is 10.2 Å². The number of nitrogens with zero attached hydrogens (tertiary/aromatic N) is 3. The number of rotatable bonds is 3. The Balaban J connectivity index is 1.92. The van der Waals surface area contributed by atoms with Crippen LogP contribution in [0.3, 0.4) is 0 Å². The van der Waals surface area contributed by atoms with Crippen LogP contribution in [0.15, 0.2) is 51.9 Å². The minimum Gasteiger partial charge on any atom is -0.258 e. The van der Waals surface area contributed by atoms with Crippen LogP contribution in [-0.4, -0.2) is 16.1 Å². The second kappa shape index (κ2) is 5.71. The van der Waals surface area contributed by atoms with E-state index < -0.39 is 4.92 Å². The molecular formula is C14H8BrN3O2S. The maximum absolute atomic E-state index is 10.9. The van der Waals surface area contributed by atoms with Crippen molar-refractivity contribution in [1.82, 2.24) is 4.98 Å². The van der Waals surface area contributed by atoms with Crippen LogP contribution in [0.5, 0.6) is 0 Å². The maximum atomic E-state index is 10.9. The lowest BCUT2D eigenvalue weighted by molar-refractivity contribution is -0.385. The zero-order valence-electron chi connectivity index (χ0n) is 10.6. The molecule has 0 aliphatic carbocycles. The summed E-state index contributed by atoms with van der Waals surface area (Å²) in [4.78, 5) is 19.1. The predicted octanol–water partition coefficient (Wildman–Crippen LogP) is 4.72. The van der Waals surface area contributed by atoms with Crippen molar-refractivity contribution in [3.05, 3.63) is 62.6 Å². The van der Waals surface area contributed by atoms with Crippen molar-refractivity contribution in [3.63, 3.8) is 0 Å². The molecule has 3 rings (SSSR count). The summed E-state index contributed by atoms with van der Waals surface area (Å²) in [6.45, 7) is 0. The zero-order valence-corrected chi connectivity index (χ0v) is 13.0. The van der Waals surface area contributed by atoms with Crippen molar-refractivity contribution in [3.8, 4) is 0 Å². The Morgan fingerprint density at radius 2 is 2.10 bits per heavy atom. The van der Waals surface area contributed by atoms with E-state index >= 15 is 0 Å². The third-order valence-electron chi connectivity index (χ3n) is 2.77. The van der Waals surface area contributed by atoms with Crippen LogP contribution in [0.25, 0.3) is 10.2 Å². The predicted molar refractivity (Wildman–Crippen MR) is 87.7 cm³/mol. The van der Waals surface area contributed by atoms with Crippen LogP contribution in [0.1, 0.15) is 5.56 Å². The number of para-hydroxylation sites is 1. The number of halogens is 1. The molecule has 5 nitrogen and oxygen atoms in total. The second-order valence-electron chi connectivity index (χ2n) is 4.19. The molecule has 0 unspecified atom stereocenters. The summed E-state index contributed by atoms with van der Waals surface area (Å²) in [5.74, 6) is 0. The molecule has 0 fully saturated rings. The molecule has 1 heterocycles. The average Bonchev–Trinajstić information content (AvgIpc) is 2.89. The van der Waals surface area contributed by atoms with Gasteiger partial charge in [-0.1, -0.05) is 29.5 Å². The van der Waals surface area contributed by atoms with E-state index in [0.29, 0.717) is 15.2 Å². The lowest BCUT2D eigenvalue weighted by atomic mass is 10.2. The number of nitro groups is 1. The Bertz CT molecular complexity index is 827. The number of nitro benzene ring substituents is 1. The van der Waals surface area contributed by atoms with Gasteiger partial charge in [0.15, 0.2) is 0 Å². The van der Waals surface area contributed by atoms with Crippen molar-refractivity contribution in [2.45, 2.75) is 0 Å². The number of hydrogen-bond donors (Lipinski definition) is 0. The first-order valence-electron chi connectivity index (χ1n) is 5.97. The van der Waals surface area contributed by atoms with E-state index in [4.69, 9.17) is 0 Å². The monoisotopic (exact) mass is 361 g/mol. The van der Waals surface area contributed by atoms with Gasteiger partial charge in [-0.2, -0.15) is 0 Å². The fourth-order valence-corrected chi connectivity index (χ4v) is 3.00. The minimum absolute atomic E-state index is 0.0169. The number of aliphatic imine (C=N–C) groups is 1. The fourth-order valence-electron chi connectivity index (χ4n) is 1.79. The molecule has 7 heteroatoms. The first-order chi connectivity index (χ1) is 10.1. The van der Waals surface area contributed by atoms with Gasteiger partial charge in [0.1, 0.15) is 0 Å². The van der Waals surface area contributed by atoms with Gasteiger partial charge in [0.2, 0.25) is 5.13 Å². The number of thiazole rings is 1. The van der Waals surface area contributed by atoms with Gasteiger partial charge in [-0.15, -0.1) is 0 Å². The van der Waals surface area contributed by atoms with Gasteiger partial charge < -0.3 is 0 Å². The van der Waals surface area contributed by atoms with Crippen molar-refractivity contribution < 1.29 is 4.92 Å². The van der Waals surface area contributed by atoms with Gasteiger partial charge in [-0.25, -0.2) is 9.98 Å². The first-order valence-corrected chi connectivity index (χ1v) is 7.58. The van der Waals surface area contributed by atoms with Crippen molar-refractivity contribution >= 4 is 54.5 Å². The highest BCUT2D eigenvalue weighted by Gasteiger charge is 2.11. The summed E-state index contributed by atoms with van der Waals surface area (Å²) in [7, 11) is 0. The highest BCUT2D eigenvalue weighted by Crippen LogP contribution is 2.28. The highest BCUT2D eigenvalue weighted by molar-refractivity contribution is 9.10. The molecule has 0 saturated heterocycles. The van der Waals surface area contributed by atoms with Gasteiger partial charge in [-0.3, -0.25) is 10.1 Å². The van der Waals surface area contributed by atoms with E-state index in [1.165, 1.54) is 17.4 Å². The molecule has 0 bridgehead atoms. The average molecular weight is 362 g/mol. The Morgan fingerprint density at radius 1 is 1.29 bits per heavy atom. The lowest BCUT2D eigenvalue weighted by Gasteiger charge is -1.96. The fraction of sp³-hybridized carbons (Fsp3) is 0. The molecule has 0 spiro atoms. The van der Waals surface area contributed by atoms with E-state index in [2.05, 4.69) is 25.9 Å². The quantitative estimate of drug-likeness (QED) is 0.385. The topological polar surface area (TPSA) is 68.4 Å². The highest BCUT2D eigenvalue weighted by atomic mass is 79.9. The van der Waals surface area contributed by atoms with E-state index in [1.54, 1.807) is 18.3 Å². The SMILES string of the molecule is O=[N+]([O-])c1cc(C=Nc2nc3ccccc3s2)ccc1Br. The van der Waals surface area contributed by atoms with Gasteiger partial charge >= 0.3 is 0 Å². The molecule has 21 heavy (non-hydrogen) atoms. The molecule has 0 radical (unpaired) electrons. The Kier molecular flexibility index (Phi) is 3.76. The van der Waals surface area contributed by atoms with Crippen molar-refractivity contribution in [1.29, 1.82) is 0 Å². The van der Waals surface area contributed by atoms with Gasteiger partial charge in [0.25, 0.3) is 5.69 Å². The van der Waals surface area contributed by atoms with Crippen LogP contribution < -0.4 is 0 Å². The number of fused-ring (bicyclic) bond motifs is 1. The van der Waals surface area contributed by atoms with Gasteiger partial charge in [-0.05, 0) is 39.7 Å². The van der Waals surface area contributed by atoms with Crippen LogP contribution in [0.4, 0.5) is 10.8 Å². The number of benzene rings is 2. The van der Waals surface area contributed by atoms with Crippen molar-refractivity contribution in [2.75, 3.05) is 0 Å². The normalized spacial score (nSPS) is 11.3. The van der Waals surface area contributed by atoms with Crippen LogP contribution in [0.2, 0.25) is 0 Å². The summed E-state index contributed by atoms with van der Waals surface area (Å²) in [6, 6.07) is 12.7. The van der Waals surface area contributed by atoms with E-state index in [-0.39, 0.29) is 5.69 Å². The minimum atomic E-state index is -0.431. The second-order valence-corrected chi connectivity index (χ2v) is 6.05. The molecule has 0 aliphatic heterocycles. The molecule has 0 saturated carbocycles. The molecule has 0 amide bonds. The molecule has 0 aliphatic rings.